The molecular formula is C39H25N3OS. The zero-order valence-corrected chi connectivity index (χ0v) is 24.4. The summed E-state index contributed by atoms with van der Waals surface area (Å²) in [7, 11) is 0. The Bertz CT molecular complexity index is 2420. The largest absolute Gasteiger partial charge is 0.456 e. The summed E-state index contributed by atoms with van der Waals surface area (Å²) in [6.45, 7) is 3.70. The van der Waals surface area contributed by atoms with Crippen molar-refractivity contribution in [2.75, 3.05) is 0 Å². The van der Waals surface area contributed by atoms with Crippen LogP contribution in [0.25, 0.3) is 64.4 Å². The van der Waals surface area contributed by atoms with Crippen molar-refractivity contribution in [3.63, 3.8) is 0 Å². The fourth-order valence-corrected chi connectivity index (χ4v) is 7.18. The molecule has 1 N–H and O–H groups in total. The van der Waals surface area contributed by atoms with E-state index in [4.69, 9.17) is 9.83 Å². The van der Waals surface area contributed by atoms with Crippen molar-refractivity contribution in [2.45, 2.75) is 0 Å². The first-order valence-corrected chi connectivity index (χ1v) is 15.2. The molecule has 208 valence electrons. The van der Waals surface area contributed by atoms with E-state index < -0.39 is 0 Å². The molecule has 0 saturated carbocycles. The predicted octanol–water partition coefficient (Wildman–Crippen LogP) is 10.8. The average molecular weight is 584 g/mol. The lowest BCUT2D eigenvalue weighted by atomic mass is 9.96. The van der Waals surface area contributed by atoms with Gasteiger partial charge in [-0.25, -0.2) is 9.98 Å². The summed E-state index contributed by atoms with van der Waals surface area (Å²) in [5, 5.41) is 13.3. The fourth-order valence-electron chi connectivity index (χ4n) is 6.01. The van der Waals surface area contributed by atoms with E-state index in [0.717, 1.165) is 33.1 Å². The number of aliphatic imine (C=N–C) groups is 2. The average Bonchev–Trinajstić information content (AvgIpc) is 3.65. The summed E-state index contributed by atoms with van der Waals surface area (Å²) in [6, 6.07) is 45.5. The molecule has 0 amide bonds. The van der Waals surface area contributed by atoms with Crippen molar-refractivity contribution in [2.24, 2.45) is 9.98 Å². The van der Waals surface area contributed by atoms with Gasteiger partial charge >= 0.3 is 0 Å². The number of rotatable bonds is 4. The monoisotopic (exact) mass is 583 g/mol. The quantitative estimate of drug-likeness (QED) is 0.163. The van der Waals surface area contributed by atoms with Crippen LogP contribution < -0.4 is 0 Å². The van der Waals surface area contributed by atoms with Gasteiger partial charge in [-0.05, 0) is 59.3 Å². The number of thiophene rings is 1. The van der Waals surface area contributed by atoms with Gasteiger partial charge in [0.15, 0.2) is 11.7 Å². The van der Waals surface area contributed by atoms with Gasteiger partial charge in [-0.2, -0.15) is 0 Å². The minimum Gasteiger partial charge on any atom is -0.456 e. The number of nitrogens with zero attached hydrogens (tertiary/aromatic N) is 2. The van der Waals surface area contributed by atoms with Crippen LogP contribution in [0.4, 0.5) is 0 Å². The van der Waals surface area contributed by atoms with Gasteiger partial charge in [0.25, 0.3) is 0 Å². The minimum absolute atomic E-state index is 0.107. The van der Waals surface area contributed by atoms with E-state index in [9.17, 15) is 0 Å². The molecule has 2 aromatic heterocycles. The van der Waals surface area contributed by atoms with Crippen LogP contribution in [0.5, 0.6) is 0 Å². The van der Waals surface area contributed by atoms with Crippen LogP contribution in [0.1, 0.15) is 11.1 Å². The molecule has 8 rings (SSSR count). The predicted molar refractivity (Wildman–Crippen MR) is 187 cm³/mol. The molecule has 0 bridgehead atoms. The summed E-state index contributed by atoms with van der Waals surface area (Å²) >= 11 is 1.82. The van der Waals surface area contributed by atoms with Crippen molar-refractivity contribution in [3.05, 3.63) is 145 Å². The molecule has 0 aliphatic rings. The van der Waals surface area contributed by atoms with Crippen molar-refractivity contribution in [3.8, 4) is 22.3 Å². The highest BCUT2D eigenvalue weighted by Crippen LogP contribution is 2.43. The molecule has 0 fully saturated rings. The second-order valence-corrected chi connectivity index (χ2v) is 11.7. The van der Waals surface area contributed by atoms with Crippen LogP contribution in [0, 0.1) is 5.41 Å². The van der Waals surface area contributed by atoms with E-state index >= 15 is 0 Å². The van der Waals surface area contributed by atoms with Gasteiger partial charge < -0.3 is 4.42 Å². The first kappa shape index (κ1) is 26.0. The highest BCUT2D eigenvalue weighted by Gasteiger charge is 2.17. The Labute approximate surface area is 257 Å². The van der Waals surface area contributed by atoms with Crippen LogP contribution in [0.2, 0.25) is 0 Å². The van der Waals surface area contributed by atoms with Gasteiger partial charge in [0.1, 0.15) is 11.2 Å². The molecule has 0 spiro atoms. The van der Waals surface area contributed by atoms with E-state index in [0.29, 0.717) is 11.4 Å². The maximum atomic E-state index is 8.97. The second kappa shape index (κ2) is 10.6. The molecule has 5 heteroatoms. The molecule has 0 radical (unpaired) electrons. The van der Waals surface area contributed by atoms with Crippen LogP contribution in [0.15, 0.2) is 148 Å². The molecule has 0 saturated heterocycles. The van der Waals surface area contributed by atoms with Crippen molar-refractivity contribution < 1.29 is 4.42 Å². The van der Waals surface area contributed by atoms with Crippen LogP contribution >= 0.6 is 11.3 Å². The standard InChI is InChI=1S/C39H25N3OS/c1-41-39(25-12-6-3-7-13-25)42-38(40)30-15-8-16-33-36(30)31-22-27(19-21-32(31)43-33)28-14-9-17-34-37(28)29-20-18-26(23-35(29)44-34)24-10-4-2-5-11-24/h2-23,40H,1H2. The first-order chi connectivity index (χ1) is 21.7. The first-order valence-electron chi connectivity index (χ1n) is 14.3. The molecule has 6 aromatic carbocycles. The molecule has 0 atom stereocenters. The third-order valence-corrected chi connectivity index (χ3v) is 9.18. The zero-order valence-electron chi connectivity index (χ0n) is 23.6. The molecule has 2 heterocycles. The molecule has 44 heavy (non-hydrogen) atoms. The number of amidine groups is 2. The molecule has 0 aliphatic heterocycles. The summed E-state index contributed by atoms with van der Waals surface area (Å²) in [5.41, 5.74) is 7.69. The Balaban J connectivity index is 1.28. The van der Waals surface area contributed by atoms with Crippen molar-refractivity contribution in [1.82, 2.24) is 0 Å². The highest BCUT2D eigenvalue weighted by atomic mass is 32.1. The summed E-state index contributed by atoms with van der Waals surface area (Å²) in [6.07, 6.45) is 0. The van der Waals surface area contributed by atoms with Crippen LogP contribution in [-0.2, 0) is 0 Å². The number of benzene rings is 6. The second-order valence-electron chi connectivity index (χ2n) is 10.7. The number of furan rings is 1. The van der Waals surface area contributed by atoms with E-state index in [1.54, 1.807) is 0 Å². The Hall–Kier alpha value is -5.65. The Morgan fingerprint density at radius 1 is 0.614 bits per heavy atom. The van der Waals surface area contributed by atoms with Gasteiger partial charge in [0.2, 0.25) is 0 Å². The van der Waals surface area contributed by atoms with Crippen LogP contribution in [0.3, 0.4) is 0 Å². The lowest BCUT2D eigenvalue weighted by Crippen LogP contribution is -2.03. The normalized spacial score (nSPS) is 12.0. The topological polar surface area (TPSA) is 61.7 Å². The third kappa shape index (κ3) is 4.34. The molecule has 4 nitrogen and oxygen atoms in total. The molecule has 0 unspecified atom stereocenters. The number of hydrogen-bond acceptors (Lipinski definition) is 3. The van der Waals surface area contributed by atoms with E-state index in [1.165, 1.54) is 36.9 Å². The van der Waals surface area contributed by atoms with Gasteiger partial charge in [0, 0.05) is 42.1 Å². The lowest BCUT2D eigenvalue weighted by molar-refractivity contribution is 0.669. The molecular weight excluding hydrogens is 559 g/mol. The van der Waals surface area contributed by atoms with Gasteiger partial charge in [0.05, 0.1) is 0 Å². The highest BCUT2D eigenvalue weighted by molar-refractivity contribution is 7.26. The maximum Gasteiger partial charge on any atom is 0.161 e. The summed E-state index contributed by atoms with van der Waals surface area (Å²) in [5.74, 6) is 0.516. The van der Waals surface area contributed by atoms with Gasteiger partial charge in [-0.1, -0.05) is 103 Å². The van der Waals surface area contributed by atoms with Crippen molar-refractivity contribution >= 4 is 71.8 Å². The van der Waals surface area contributed by atoms with Crippen molar-refractivity contribution in [1.29, 1.82) is 5.41 Å². The third-order valence-electron chi connectivity index (χ3n) is 8.06. The number of hydrogen-bond donors (Lipinski definition) is 1. The molecule has 8 aromatic rings. The van der Waals surface area contributed by atoms with E-state index in [1.807, 2.05) is 72.0 Å². The lowest BCUT2D eigenvalue weighted by Gasteiger charge is -2.07. The molecule has 0 aliphatic carbocycles. The summed E-state index contributed by atoms with van der Waals surface area (Å²) in [4.78, 5) is 8.70. The van der Waals surface area contributed by atoms with Crippen LogP contribution in [-0.4, -0.2) is 18.4 Å². The SMILES string of the molecule is C=NC(=NC(=N)c1cccc2oc3ccc(-c4cccc5sc6cc(-c7ccccc7)ccc6c45)cc3c12)c1ccccc1. The fraction of sp³-hybridized carbons (Fsp3) is 0. The van der Waals surface area contributed by atoms with Gasteiger partial charge in [-0.3, -0.25) is 5.41 Å². The summed E-state index contributed by atoms with van der Waals surface area (Å²) < 4.78 is 8.79. The Kier molecular flexibility index (Phi) is 6.25. The van der Waals surface area contributed by atoms with E-state index in [-0.39, 0.29) is 5.84 Å². The zero-order chi connectivity index (χ0) is 29.6. The Morgan fingerprint density at radius 3 is 2.20 bits per heavy atom. The number of fused-ring (bicyclic) bond motifs is 6. The van der Waals surface area contributed by atoms with Gasteiger partial charge in [-0.15, -0.1) is 11.3 Å². The number of nitrogens with one attached hydrogen (secondary N) is 1. The smallest absolute Gasteiger partial charge is 0.161 e. The minimum atomic E-state index is 0.107. The Morgan fingerprint density at radius 2 is 1.39 bits per heavy atom. The maximum absolute atomic E-state index is 8.97. The van der Waals surface area contributed by atoms with E-state index in [2.05, 4.69) is 89.5 Å².